The Kier molecular flexibility index (Phi) is 4.15. The largest absolute Gasteiger partial charge is 0.360 e. The predicted molar refractivity (Wildman–Crippen MR) is 113 cm³/mol. The van der Waals surface area contributed by atoms with Crippen LogP contribution in [-0.4, -0.2) is 51.0 Å². The Morgan fingerprint density at radius 1 is 1.16 bits per heavy atom. The average molecular weight is 422 g/mol. The third kappa shape index (κ3) is 2.88. The van der Waals surface area contributed by atoms with Gasteiger partial charge in [0.15, 0.2) is 0 Å². The molecule has 2 bridgehead atoms. The molecule has 1 saturated carbocycles. The van der Waals surface area contributed by atoms with Gasteiger partial charge in [-0.25, -0.2) is 4.79 Å². The van der Waals surface area contributed by atoms with E-state index in [0.29, 0.717) is 18.6 Å². The molecule has 8 nitrogen and oxygen atoms in total. The number of hydrogen-bond donors (Lipinski definition) is 3. The Labute approximate surface area is 179 Å². The van der Waals surface area contributed by atoms with Gasteiger partial charge in [0.05, 0.1) is 35.5 Å². The van der Waals surface area contributed by atoms with Crippen molar-refractivity contribution in [1.82, 2.24) is 20.2 Å². The first-order valence-electron chi connectivity index (χ1n) is 11.2. The van der Waals surface area contributed by atoms with Crippen LogP contribution in [0.1, 0.15) is 37.7 Å². The van der Waals surface area contributed by atoms with Gasteiger partial charge in [0.25, 0.3) is 0 Å². The minimum absolute atomic E-state index is 0.0743. The highest BCUT2D eigenvalue weighted by Gasteiger charge is 2.67. The molecule has 8 heteroatoms. The summed E-state index contributed by atoms with van der Waals surface area (Å²) in [5.74, 6) is -1.01. The molecule has 3 N–H and O–H groups in total. The molecule has 0 radical (unpaired) electrons. The van der Waals surface area contributed by atoms with E-state index in [4.69, 9.17) is 4.74 Å². The topological polar surface area (TPSA) is 107 Å². The molecule has 2 aromatic rings. The molecule has 1 aromatic carbocycles. The van der Waals surface area contributed by atoms with Gasteiger partial charge in [-0.15, -0.1) is 0 Å². The monoisotopic (exact) mass is 422 g/mol. The normalized spacial score (nSPS) is 32.2. The molecule has 4 atom stereocenters. The number of carbonyl (C=O) groups excluding carboxylic acids is 2. The SMILES string of the molecule is O=C(NCc1ccc2[nH]c(=O)[nH]c2c1)[C@H]1[C@H]2C(=O)N(C3CCCCC3)C[C@@]23C=C[C@H]1O3. The van der Waals surface area contributed by atoms with Crippen LogP contribution in [0.25, 0.3) is 11.0 Å². The molecule has 4 aliphatic rings. The minimum Gasteiger partial charge on any atom is -0.360 e. The molecule has 1 aliphatic carbocycles. The third-order valence-corrected chi connectivity index (χ3v) is 7.49. The number of amides is 2. The molecule has 31 heavy (non-hydrogen) atoms. The van der Waals surface area contributed by atoms with Crippen LogP contribution < -0.4 is 11.0 Å². The number of carbonyl (C=O) groups is 2. The number of H-pyrrole nitrogens is 2. The molecule has 2 amide bonds. The number of aromatic nitrogens is 2. The summed E-state index contributed by atoms with van der Waals surface area (Å²) in [6, 6.07) is 5.81. The lowest BCUT2D eigenvalue weighted by molar-refractivity contribution is -0.139. The van der Waals surface area contributed by atoms with Crippen molar-refractivity contribution in [2.75, 3.05) is 6.54 Å². The quantitative estimate of drug-likeness (QED) is 0.651. The lowest BCUT2D eigenvalue weighted by atomic mass is 9.77. The number of nitrogens with one attached hydrogen (secondary N) is 3. The van der Waals surface area contributed by atoms with Gasteiger partial charge in [0.1, 0.15) is 5.60 Å². The maximum Gasteiger partial charge on any atom is 0.323 e. The number of likely N-dealkylation sites (tertiary alicyclic amines) is 1. The van der Waals surface area contributed by atoms with E-state index in [1.165, 1.54) is 6.42 Å². The van der Waals surface area contributed by atoms with Crippen LogP contribution in [0.2, 0.25) is 0 Å². The van der Waals surface area contributed by atoms with Gasteiger partial charge in [-0.05, 0) is 30.5 Å². The zero-order chi connectivity index (χ0) is 21.2. The second-order valence-electron chi connectivity index (χ2n) is 9.33. The van der Waals surface area contributed by atoms with Crippen molar-refractivity contribution in [3.63, 3.8) is 0 Å². The van der Waals surface area contributed by atoms with E-state index in [1.54, 1.807) is 0 Å². The second kappa shape index (κ2) is 6.82. The van der Waals surface area contributed by atoms with Gasteiger partial charge in [-0.1, -0.05) is 37.5 Å². The molecule has 3 fully saturated rings. The van der Waals surface area contributed by atoms with Crippen LogP contribution in [0.3, 0.4) is 0 Å². The van der Waals surface area contributed by atoms with Crippen LogP contribution in [-0.2, 0) is 20.9 Å². The smallest absolute Gasteiger partial charge is 0.323 e. The predicted octanol–water partition coefficient (Wildman–Crippen LogP) is 1.59. The summed E-state index contributed by atoms with van der Waals surface area (Å²) in [5, 5.41) is 3.00. The second-order valence-corrected chi connectivity index (χ2v) is 9.33. The summed E-state index contributed by atoms with van der Waals surface area (Å²) < 4.78 is 6.24. The summed E-state index contributed by atoms with van der Waals surface area (Å²) >= 11 is 0. The van der Waals surface area contributed by atoms with E-state index < -0.39 is 17.4 Å². The van der Waals surface area contributed by atoms with Crippen LogP contribution in [0.4, 0.5) is 0 Å². The summed E-state index contributed by atoms with van der Waals surface area (Å²) in [6.07, 6.45) is 9.27. The molecule has 1 spiro atoms. The van der Waals surface area contributed by atoms with E-state index in [-0.39, 0.29) is 29.6 Å². The molecule has 3 aliphatic heterocycles. The van der Waals surface area contributed by atoms with Crippen LogP contribution in [0, 0.1) is 11.8 Å². The first-order valence-corrected chi connectivity index (χ1v) is 11.2. The molecular formula is C23H26N4O4. The fourth-order valence-electron chi connectivity index (χ4n) is 6.03. The first-order chi connectivity index (χ1) is 15.0. The van der Waals surface area contributed by atoms with Gasteiger partial charge in [0, 0.05) is 12.6 Å². The highest BCUT2D eigenvalue weighted by Crippen LogP contribution is 2.52. The number of fused-ring (bicyclic) bond motifs is 2. The maximum atomic E-state index is 13.4. The van der Waals surface area contributed by atoms with E-state index in [1.807, 2.05) is 35.3 Å². The van der Waals surface area contributed by atoms with E-state index >= 15 is 0 Å². The van der Waals surface area contributed by atoms with Crippen molar-refractivity contribution in [3.05, 3.63) is 46.4 Å². The average Bonchev–Trinajstić information content (AvgIpc) is 3.51. The highest BCUT2D eigenvalue weighted by molar-refractivity contribution is 5.93. The lowest BCUT2D eigenvalue weighted by Crippen LogP contribution is -2.45. The lowest BCUT2D eigenvalue weighted by Gasteiger charge is -2.32. The van der Waals surface area contributed by atoms with Gasteiger partial charge in [-0.2, -0.15) is 0 Å². The number of ether oxygens (including phenoxy) is 1. The van der Waals surface area contributed by atoms with Crippen molar-refractivity contribution < 1.29 is 14.3 Å². The molecule has 6 rings (SSSR count). The third-order valence-electron chi connectivity index (χ3n) is 7.49. The number of rotatable bonds is 4. The van der Waals surface area contributed by atoms with Crippen molar-refractivity contribution in [3.8, 4) is 0 Å². The van der Waals surface area contributed by atoms with Crippen molar-refractivity contribution in [2.45, 2.75) is 56.4 Å². The summed E-state index contributed by atoms with van der Waals surface area (Å²) in [7, 11) is 0. The molecule has 0 unspecified atom stereocenters. The number of imidazole rings is 1. The van der Waals surface area contributed by atoms with E-state index in [9.17, 15) is 14.4 Å². The summed E-state index contributed by atoms with van der Waals surface area (Å²) in [6.45, 7) is 0.893. The van der Waals surface area contributed by atoms with Crippen molar-refractivity contribution in [2.24, 2.45) is 11.8 Å². The van der Waals surface area contributed by atoms with Crippen LogP contribution >= 0.6 is 0 Å². The fourth-order valence-corrected chi connectivity index (χ4v) is 6.03. The van der Waals surface area contributed by atoms with E-state index in [0.717, 1.165) is 36.8 Å². The number of benzene rings is 1. The Morgan fingerprint density at radius 3 is 2.81 bits per heavy atom. The maximum absolute atomic E-state index is 13.4. The van der Waals surface area contributed by atoms with Gasteiger partial charge < -0.3 is 24.9 Å². The molecule has 162 valence electrons. The van der Waals surface area contributed by atoms with Crippen molar-refractivity contribution in [1.29, 1.82) is 0 Å². The number of hydrogen-bond acceptors (Lipinski definition) is 4. The minimum atomic E-state index is -0.648. The fraction of sp³-hybridized carbons (Fsp3) is 0.522. The Bertz CT molecular complexity index is 1140. The molecule has 2 saturated heterocycles. The summed E-state index contributed by atoms with van der Waals surface area (Å²) in [4.78, 5) is 45.5. The van der Waals surface area contributed by atoms with Crippen LogP contribution in [0.15, 0.2) is 35.1 Å². The zero-order valence-corrected chi connectivity index (χ0v) is 17.2. The first kappa shape index (κ1) is 18.9. The van der Waals surface area contributed by atoms with E-state index in [2.05, 4.69) is 15.3 Å². The van der Waals surface area contributed by atoms with Crippen molar-refractivity contribution >= 4 is 22.8 Å². The van der Waals surface area contributed by atoms with Gasteiger partial charge in [0.2, 0.25) is 11.8 Å². The van der Waals surface area contributed by atoms with Gasteiger partial charge >= 0.3 is 5.69 Å². The summed E-state index contributed by atoms with van der Waals surface area (Å²) in [5.41, 5.74) is 1.41. The number of aromatic amines is 2. The Balaban J connectivity index is 1.19. The molecular weight excluding hydrogens is 396 g/mol. The Hall–Kier alpha value is -2.87. The zero-order valence-electron chi connectivity index (χ0n) is 17.2. The number of nitrogens with zero attached hydrogens (tertiary/aromatic N) is 1. The van der Waals surface area contributed by atoms with Crippen LogP contribution in [0.5, 0.6) is 0 Å². The standard InChI is InChI=1S/C23H26N4O4/c28-20(24-11-13-6-7-15-16(10-13)26-22(30)25-15)18-17-8-9-23(31-17)12-27(21(29)19(18)23)14-4-2-1-3-5-14/h6-10,14,17-19H,1-5,11-12H2,(H,24,28)(H2,25,26,30)/t17-,18-,19+,23+/m1/s1. The molecule has 4 heterocycles. The Morgan fingerprint density at radius 2 is 1.97 bits per heavy atom. The van der Waals surface area contributed by atoms with Gasteiger partial charge in [-0.3, -0.25) is 9.59 Å². The molecule has 1 aromatic heterocycles. The highest BCUT2D eigenvalue weighted by atomic mass is 16.5.